The Morgan fingerprint density at radius 2 is 2.40 bits per heavy atom. The van der Waals surface area contributed by atoms with Crippen molar-refractivity contribution in [2.24, 2.45) is 0 Å². The monoisotopic (exact) mass is 158 g/mol. The molecule has 0 aromatic carbocycles. The molecule has 56 valence electrons. The largest absolute Gasteiger partial charge is 0.272 e. The maximum Gasteiger partial charge on any atom is 0.0801 e. The number of rotatable bonds is 2. The number of nitrogens with zero attached hydrogens (tertiary/aromatic N) is 2. The second-order valence-electron chi connectivity index (χ2n) is 2.25. The van der Waals surface area contributed by atoms with Gasteiger partial charge in [0.15, 0.2) is 0 Å². The lowest BCUT2D eigenvalue weighted by atomic mass is 10.3. The number of alkyl halides is 1. The Balaban J connectivity index is 2.92. The van der Waals surface area contributed by atoms with Gasteiger partial charge < -0.3 is 0 Å². The van der Waals surface area contributed by atoms with Crippen LogP contribution in [-0.4, -0.2) is 9.78 Å². The van der Waals surface area contributed by atoms with Gasteiger partial charge in [0, 0.05) is 12.7 Å². The highest BCUT2D eigenvalue weighted by atomic mass is 35.5. The van der Waals surface area contributed by atoms with Gasteiger partial charge in [-0.05, 0) is 19.4 Å². The molecular formula is C7H11ClN2. The topological polar surface area (TPSA) is 17.8 Å². The molecule has 0 spiro atoms. The van der Waals surface area contributed by atoms with E-state index in [1.807, 2.05) is 17.8 Å². The van der Waals surface area contributed by atoms with E-state index in [1.165, 1.54) is 5.56 Å². The van der Waals surface area contributed by atoms with E-state index in [0.717, 1.165) is 12.2 Å². The summed E-state index contributed by atoms with van der Waals surface area (Å²) in [5.41, 5.74) is 2.17. The van der Waals surface area contributed by atoms with Crippen LogP contribution in [0.4, 0.5) is 0 Å². The van der Waals surface area contributed by atoms with Gasteiger partial charge in [-0.3, -0.25) is 4.68 Å². The van der Waals surface area contributed by atoms with Crippen molar-refractivity contribution in [1.29, 1.82) is 0 Å². The number of aromatic nitrogens is 2. The van der Waals surface area contributed by atoms with Crippen LogP contribution in [0.5, 0.6) is 0 Å². The standard InChI is InChI=1S/C7H11ClN2/c1-3-10-5-6(2)7(4-8)9-10/h5H,3-4H2,1-2H3. The molecule has 0 aliphatic carbocycles. The molecule has 1 heterocycles. The summed E-state index contributed by atoms with van der Waals surface area (Å²) < 4.78 is 1.90. The van der Waals surface area contributed by atoms with E-state index >= 15 is 0 Å². The zero-order valence-corrected chi connectivity index (χ0v) is 7.02. The maximum absolute atomic E-state index is 5.63. The summed E-state index contributed by atoms with van der Waals surface area (Å²) in [7, 11) is 0. The molecule has 0 saturated heterocycles. The molecule has 1 aromatic heterocycles. The molecule has 0 saturated carbocycles. The smallest absolute Gasteiger partial charge is 0.0801 e. The number of hydrogen-bond donors (Lipinski definition) is 0. The van der Waals surface area contributed by atoms with Gasteiger partial charge in [0.1, 0.15) is 0 Å². The number of halogens is 1. The minimum atomic E-state index is 0.513. The first-order valence-electron chi connectivity index (χ1n) is 3.36. The highest BCUT2D eigenvalue weighted by Gasteiger charge is 2.00. The van der Waals surface area contributed by atoms with Crippen LogP contribution in [-0.2, 0) is 12.4 Å². The Hall–Kier alpha value is -0.500. The van der Waals surface area contributed by atoms with E-state index in [2.05, 4.69) is 12.0 Å². The minimum Gasteiger partial charge on any atom is -0.272 e. The zero-order chi connectivity index (χ0) is 7.56. The Morgan fingerprint density at radius 1 is 1.70 bits per heavy atom. The van der Waals surface area contributed by atoms with Crippen molar-refractivity contribution in [3.63, 3.8) is 0 Å². The molecule has 0 unspecified atom stereocenters. The Morgan fingerprint density at radius 3 is 2.70 bits per heavy atom. The molecule has 0 atom stereocenters. The summed E-state index contributed by atoms with van der Waals surface area (Å²) >= 11 is 5.63. The van der Waals surface area contributed by atoms with Crippen molar-refractivity contribution in [3.8, 4) is 0 Å². The summed E-state index contributed by atoms with van der Waals surface area (Å²) in [6.07, 6.45) is 2.01. The molecule has 0 fully saturated rings. The molecule has 3 heteroatoms. The fourth-order valence-corrected chi connectivity index (χ4v) is 1.12. The first kappa shape index (κ1) is 7.61. The summed E-state index contributed by atoms with van der Waals surface area (Å²) in [4.78, 5) is 0. The summed E-state index contributed by atoms with van der Waals surface area (Å²) in [6.45, 7) is 5.00. The van der Waals surface area contributed by atoms with Crippen LogP contribution in [0.2, 0.25) is 0 Å². The van der Waals surface area contributed by atoms with Gasteiger partial charge in [0.05, 0.1) is 11.6 Å². The van der Waals surface area contributed by atoms with Crippen LogP contribution in [0.1, 0.15) is 18.2 Å². The predicted octanol–water partition coefficient (Wildman–Crippen LogP) is 1.95. The second kappa shape index (κ2) is 3.06. The van der Waals surface area contributed by atoms with E-state index in [1.54, 1.807) is 0 Å². The predicted molar refractivity (Wildman–Crippen MR) is 42.2 cm³/mol. The van der Waals surface area contributed by atoms with E-state index in [4.69, 9.17) is 11.6 Å². The maximum atomic E-state index is 5.63. The first-order valence-corrected chi connectivity index (χ1v) is 3.90. The molecule has 0 bridgehead atoms. The van der Waals surface area contributed by atoms with Crippen molar-refractivity contribution < 1.29 is 0 Å². The van der Waals surface area contributed by atoms with Gasteiger partial charge in [-0.1, -0.05) is 0 Å². The highest BCUT2D eigenvalue weighted by molar-refractivity contribution is 6.16. The van der Waals surface area contributed by atoms with E-state index < -0.39 is 0 Å². The fourth-order valence-electron chi connectivity index (χ4n) is 0.855. The third kappa shape index (κ3) is 1.32. The number of aryl methyl sites for hydroxylation is 2. The molecule has 0 N–H and O–H groups in total. The molecule has 0 aliphatic heterocycles. The Kier molecular flexibility index (Phi) is 2.33. The SMILES string of the molecule is CCn1cc(C)c(CCl)n1. The van der Waals surface area contributed by atoms with Crippen LogP contribution in [0.3, 0.4) is 0 Å². The zero-order valence-electron chi connectivity index (χ0n) is 6.26. The van der Waals surface area contributed by atoms with Gasteiger partial charge >= 0.3 is 0 Å². The van der Waals surface area contributed by atoms with Crippen molar-refractivity contribution in [1.82, 2.24) is 9.78 Å². The molecule has 0 aliphatic rings. The van der Waals surface area contributed by atoms with Gasteiger partial charge in [-0.25, -0.2) is 0 Å². The van der Waals surface area contributed by atoms with Gasteiger partial charge in [0.2, 0.25) is 0 Å². The summed E-state index contributed by atoms with van der Waals surface area (Å²) in [5, 5.41) is 4.23. The quantitative estimate of drug-likeness (QED) is 0.602. The molecular weight excluding hydrogens is 148 g/mol. The first-order chi connectivity index (χ1) is 4.77. The molecule has 2 nitrogen and oxygen atoms in total. The van der Waals surface area contributed by atoms with Crippen LogP contribution in [0.15, 0.2) is 6.20 Å². The van der Waals surface area contributed by atoms with Crippen molar-refractivity contribution in [3.05, 3.63) is 17.5 Å². The average Bonchev–Trinajstić information content (AvgIpc) is 2.30. The molecule has 10 heavy (non-hydrogen) atoms. The van der Waals surface area contributed by atoms with E-state index in [0.29, 0.717) is 5.88 Å². The lowest BCUT2D eigenvalue weighted by molar-refractivity contribution is 0.652. The lowest BCUT2D eigenvalue weighted by Crippen LogP contribution is -1.94. The fraction of sp³-hybridized carbons (Fsp3) is 0.571. The average molecular weight is 159 g/mol. The molecule has 0 radical (unpaired) electrons. The molecule has 1 rings (SSSR count). The van der Waals surface area contributed by atoms with Gasteiger partial charge in [0.25, 0.3) is 0 Å². The van der Waals surface area contributed by atoms with Crippen LogP contribution in [0, 0.1) is 6.92 Å². The third-order valence-corrected chi connectivity index (χ3v) is 1.75. The molecule has 0 amide bonds. The van der Waals surface area contributed by atoms with Crippen LogP contribution >= 0.6 is 11.6 Å². The van der Waals surface area contributed by atoms with E-state index in [9.17, 15) is 0 Å². The van der Waals surface area contributed by atoms with Crippen molar-refractivity contribution >= 4 is 11.6 Å². The van der Waals surface area contributed by atoms with Crippen molar-refractivity contribution in [2.75, 3.05) is 0 Å². The third-order valence-electron chi connectivity index (χ3n) is 1.50. The summed E-state index contributed by atoms with van der Waals surface area (Å²) in [6, 6.07) is 0. The van der Waals surface area contributed by atoms with Crippen LogP contribution in [0.25, 0.3) is 0 Å². The Labute approximate surface area is 65.8 Å². The van der Waals surface area contributed by atoms with Gasteiger partial charge in [-0.2, -0.15) is 5.10 Å². The Bertz CT molecular complexity index is 217. The van der Waals surface area contributed by atoms with Crippen molar-refractivity contribution in [2.45, 2.75) is 26.3 Å². The van der Waals surface area contributed by atoms with E-state index in [-0.39, 0.29) is 0 Å². The lowest BCUT2D eigenvalue weighted by Gasteiger charge is -1.90. The van der Waals surface area contributed by atoms with Gasteiger partial charge in [-0.15, -0.1) is 11.6 Å². The summed E-state index contributed by atoms with van der Waals surface area (Å²) in [5.74, 6) is 0.513. The second-order valence-corrected chi connectivity index (χ2v) is 2.52. The molecule has 1 aromatic rings. The number of hydrogen-bond acceptors (Lipinski definition) is 1. The minimum absolute atomic E-state index is 0.513. The highest BCUT2D eigenvalue weighted by Crippen LogP contribution is 2.07. The normalized spacial score (nSPS) is 10.3. The van der Waals surface area contributed by atoms with Crippen LogP contribution < -0.4 is 0 Å².